The number of aromatic amines is 1. The molecule has 4 rings (SSSR count). The Hall–Kier alpha value is -3.63. The van der Waals surface area contributed by atoms with Crippen molar-refractivity contribution in [3.63, 3.8) is 0 Å². The van der Waals surface area contributed by atoms with E-state index in [1.807, 2.05) is 0 Å². The molecule has 1 aromatic heterocycles. The summed E-state index contributed by atoms with van der Waals surface area (Å²) in [6.07, 6.45) is -10.1. The maximum atomic E-state index is 14.3. The smallest absolute Gasteiger partial charge is 0.360 e. The number of H-pyrrole nitrogens is 1. The second kappa shape index (κ2) is 8.62. The lowest BCUT2D eigenvalue weighted by Gasteiger charge is -2.26. The molecule has 4 aromatic rings. The fourth-order valence-electron chi connectivity index (χ4n) is 3.48. The molecule has 0 fully saturated rings. The third kappa shape index (κ3) is 5.13. The van der Waals surface area contributed by atoms with E-state index in [1.54, 1.807) is 24.3 Å². The molecule has 178 valence electrons. The highest BCUT2D eigenvalue weighted by molar-refractivity contribution is 5.74. The number of benzene rings is 3. The van der Waals surface area contributed by atoms with Crippen LogP contribution < -0.4 is 4.90 Å². The Labute approximate surface area is 187 Å². The molecule has 0 aliphatic heterocycles. The zero-order valence-corrected chi connectivity index (χ0v) is 17.1. The lowest BCUT2D eigenvalue weighted by Crippen LogP contribution is -2.25. The zero-order chi connectivity index (χ0) is 24.7. The summed E-state index contributed by atoms with van der Waals surface area (Å²) in [5, 5.41) is 0. The summed E-state index contributed by atoms with van der Waals surface area (Å²) in [6.45, 7) is -0.716. The van der Waals surface area contributed by atoms with Crippen LogP contribution in [0.1, 0.15) is 22.5 Å². The number of imidazole rings is 1. The number of alkyl halides is 6. The molecule has 3 nitrogen and oxygen atoms in total. The topological polar surface area (TPSA) is 31.9 Å². The van der Waals surface area contributed by atoms with Crippen molar-refractivity contribution in [1.82, 2.24) is 9.97 Å². The molecular formula is C23H15F8N3. The molecule has 0 saturated carbocycles. The van der Waals surface area contributed by atoms with E-state index in [1.165, 1.54) is 0 Å². The fraction of sp³-hybridized carbons (Fsp3) is 0.174. The first-order valence-electron chi connectivity index (χ1n) is 9.82. The minimum atomic E-state index is -5.05. The van der Waals surface area contributed by atoms with Gasteiger partial charge in [0.05, 0.1) is 28.7 Å². The molecule has 1 N–H and O–H groups in total. The molecule has 0 aliphatic carbocycles. The van der Waals surface area contributed by atoms with Gasteiger partial charge in [-0.3, -0.25) is 0 Å². The Morgan fingerprint density at radius 1 is 0.765 bits per heavy atom. The Balaban J connectivity index is 1.82. The predicted octanol–water partition coefficient (Wildman–Crippen LogP) is 7.09. The first-order chi connectivity index (χ1) is 15.9. The third-order valence-corrected chi connectivity index (χ3v) is 5.09. The van der Waals surface area contributed by atoms with Crippen molar-refractivity contribution in [2.24, 2.45) is 0 Å². The quantitative estimate of drug-likeness (QED) is 0.306. The van der Waals surface area contributed by atoms with Crippen LogP contribution in [-0.2, 0) is 25.4 Å². The number of nitrogens with zero attached hydrogens (tertiary/aromatic N) is 2. The van der Waals surface area contributed by atoms with Crippen LogP contribution in [0.3, 0.4) is 0 Å². The number of para-hydroxylation sites is 2. The van der Waals surface area contributed by atoms with E-state index < -0.39 is 47.3 Å². The predicted molar refractivity (Wildman–Crippen MR) is 109 cm³/mol. The first kappa shape index (κ1) is 23.5. The molecule has 0 saturated heterocycles. The van der Waals surface area contributed by atoms with E-state index in [0.29, 0.717) is 29.2 Å². The van der Waals surface area contributed by atoms with E-state index in [0.717, 1.165) is 17.0 Å². The van der Waals surface area contributed by atoms with Gasteiger partial charge in [0.15, 0.2) is 0 Å². The van der Waals surface area contributed by atoms with Crippen LogP contribution in [0.2, 0.25) is 0 Å². The first-order valence-corrected chi connectivity index (χ1v) is 9.82. The van der Waals surface area contributed by atoms with Gasteiger partial charge in [-0.1, -0.05) is 18.2 Å². The van der Waals surface area contributed by atoms with Gasteiger partial charge in [0.1, 0.15) is 17.5 Å². The second-order valence-electron chi connectivity index (χ2n) is 7.56. The maximum Gasteiger partial charge on any atom is 0.416 e. The minimum Gasteiger partial charge on any atom is -0.360 e. The molecule has 1 heterocycles. The van der Waals surface area contributed by atoms with Crippen LogP contribution >= 0.6 is 0 Å². The molecule has 11 heteroatoms. The van der Waals surface area contributed by atoms with Crippen molar-refractivity contribution in [3.05, 3.63) is 94.8 Å². The van der Waals surface area contributed by atoms with Gasteiger partial charge >= 0.3 is 12.4 Å². The molecule has 0 unspecified atom stereocenters. The highest BCUT2D eigenvalue weighted by Gasteiger charge is 2.37. The number of rotatable bonds is 5. The number of halogens is 8. The van der Waals surface area contributed by atoms with Gasteiger partial charge in [0.2, 0.25) is 0 Å². The number of aromatic nitrogens is 2. The Morgan fingerprint density at radius 3 is 2.00 bits per heavy atom. The molecule has 0 amide bonds. The third-order valence-electron chi connectivity index (χ3n) is 5.09. The van der Waals surface area contributed by atoms with Crippen molar-refractivity contribution >= 4 is 16.7 Å². The number of anilines is 1. The van der Waals surface area contributed by atoms with Crippen molar-refractivity contribution in [2.45, 2.75) is 25.4 Å². The lowest BCUT2D eigenvalue weighted by atomic mass is 10.1. The molecule has 0 aliphatic rings. The van der Waals surface area contributed by atoms with E-state index in [9.17, 15) is 35.1 Å². The highest BCUT2D eigenvalue weighted by Crippen LogP contribution is 2.39. The number of nitrogens with one attached hydrogen (secondary N) is 1. The van der Waals surface area contributed by atoms with Gasteiger partial charge in [0, 0.05) is 23.9 Å². The molecule has 0 radical (unpaired) electrons. The van der Waals surface area contributed by atoms with Crippen molar-refractivity contribution < 1.29 is 35.1 Å². The summed E-state index contributed by atoms with van der Waals surface area (Å²) >= 11 is 0. The largest absolute Gasteiger partial charge is 0.416 e. The Kier molecular flexibility index (Phi) is 5.96. The highest BCUT2D eigenvalue weighted by atomic mass is 19.4. The van der Waals surface area contributed by atoms with Gasteiger partial charge in [-0.25, -0.2) is 13.8 Å². The molecule has 0 atom stereocenters. The molecule has 3 aromatic carbocycles. The summed E-state index contributed by atoms with van der Waals surface area (Å²) in [5.41, 5.74) is -2.45. The maximum absolute atomic E-state index is 14.3. The normalized spacial score (nSPS) is 12.4. The fourth-order valence-corrected chi connectivity index (χ4v) is 3.48. The van der Waals surface area contributed by atoms with Gasteiger partial charge in [-0.15, -0.1) is 0 Å². The summed E-state index contributed by atoms with van der Waals surface area (Å²) < 4.78 is 108. The van der Waals surface area contributed by atoms with Gasteiger partial charge in [-0.05, 0) is 36.4 Å². The molecule has 34 heavy (non-hydrogen) atoms. The van der Waals surface area contributed by atoms with Crippen LogP contribution in [-0.4, -0.2) is 9.97 Å². The average molecular weight is 485 g/mol. The van der Waals surface area contributed by atoms with Crippen LogP contribution in [0.4, 0.5) is 40.8 Å². The van der Waals surface area contributed by atoms with E-state index in [-0.39, 0.29) is 24.0 Å². The van der Waals surface area contributed by atoms with Crippen LogP contribution in [0, 0.1) is 11.6 Å². The van der Waals surface area contributed by atoms with Crippen LogP contribution in [0.5, 0.6) is 0 Å². The average Bonchev–Trinajstić information content (AvgIpc) is 3.16. The van der Waals surface area contributed by atoms with Crippen LogP contribution in [0.25, 0.3) is 11.0 Å². The van der Waals surface area contributed by atoms with E-state index in [2.05, 4.69) is 9.97 Å². The van der Waals surface area contributed by atoms with E-state index in [4.69, 9.17) is 0 Å². The number of fused-ring (bicyclic) bond motifs is 1. The number of hydrogen-bond donors (Lipinski definition) is 1. The van der Waals surface area contributed by atoms with E-state index >= 15 is 0 Å². The van der Waals surface area contributed by atoms with Gasteiger partial charge in [-0.2, -0.15) is 26.3 Å². The minimum absolute atomic E-state index is 0.0152. The van der Waals surface area contributed by atoms with Gasteiger partial charge in [0.25, 0.3) is 0 Å². The van der Waals surface area contributed by atoms with Crippen molar-refractivity contribution in [2.75, 3.05) is 4.90 Å². The summed E-state index contributed by atoms with van der Waals surface area (Å²) in [4.78, 5) is 8.36. The summed E-state index contributed by atoms with van der Waals surface area (Å²) in [7, 11) is 0. The monoisotopic (exact) mass is 485 g/mol. The molecular weight excluding hydrogens is 470 g/mol. The van der Waals surface area contributed by atoms with Crippen LogP contribution in [0.15, 0.2) is 60.7 Å². The standard InChI is InChI=1S/C23H15F8N3/c24-16-6-5-13(18(25)10-16)11-34(12-21-32-19-3-1-2-4-20(19)33-21)17-8-14(22(26,27)28)7-15(9-17)23(29,30)31/h1-10H,11-12H2,(H,32,33). The zero-order valence-electron chi connectivity index (χ0n) is 17.1. The second-order valence-corrected chi connectivity index (χ2v) is 7.56. The Bertz CT molecular complexity index is 1260. The Morgan fingerprint density at radius 2 is 1.41 bits per heavy atom. The summed E-state index contributed by atoms with van der Waals surface area (Å²) in [6, 6.07) is 10.5. The SMILES string of the molecule is Fc1ccc(CN(Cc2nc3ccccc3[nH]2)c2cc(C(F)(F)F)cc(C(F)(F)F)c2)c(F)c1. The summed E-state index contributed by atoms with van der Waals surface area (Å²) in [5.74, 6) is -1.63. The number of hydrogen-bond acceptors (Lipinski definition) is 2. The van der Waals surface area contributed by atoms with Crippen molar-refractivity contribution in [1.29, 1.82) is 0 Å². The van der Waals surface area contributed by atoms with Crippen molar-refractivity contribution in [3.8, 4) is 0 Å². The van der Waals surface area contributed by atoms with Gasteiger partial charge < -0.3 is 9.88 Å². The molecule has 0 bridgehead atoms. The molecule has 0 spiro atoms. The lowest BCUT2D eigenvalue weighted by molar-refractivity contribution is -0.143.